The van der Waals surface area contributed by atoms with E-state index in [2.05, 4.69) is 0 Å². The van der Waals surface area contributed by atoms with Crippen LogP contribution in [-0.2, 0) is 11.2 Å². The fourth-order valence-electron chi connectivity index (χ4n) is 1.37. The second kappa shape index (κ2) is 5.03. The number of carboxylic acid groups (broad SMARTS) is 1. The van der Waals surface area contributed by atoms with Gasteiger partial charge in [0, 0.05) is 5.56 Å². The minimum Gasteiger partial charge on any atom is -0.480 e. The maximum atomic E-state index is 12.4. The summed E-state index contributed by atoms with van der Waals surface area (Å²) >= 11 is 0. The molecule has 0 aromatic heterocycles. The van der Waals surface area contributed by atoms with Gasteiger partial charge in [-0.2, -0.15) is 0 Å². The lowest BCUT2D eigenvalue weighted by Crippen LogP contribution is -2.32. The summed E-state index contributed by atoms with van der Waals surface area (Å²) < 4.78 is 24.9. The molecule has 0 saturated heterocycles. The molecule has 0 heterocycles. The van der Waals surface area contributed by atoms with Crippen molar-refractivity contribution in [1.29, 1.82) is 0 Å². The zero-order valence-electron chi connectivity index (χ0n) is 8.78. The maximum absolute atomic E-state index is 12.4. The lowest BCUT2D eigenvalue weighted by Gasteiger charge is -2.11. The topological polar surface area (TPSA) is 63.3 Å². The van der Waals surface area contributed by atoms with Crippen molar-refractivity contribution in [3.05, 3.63) is 34.9 Å². The third kappa shape index (κ3) is 3.00. The third-order valence-corrected chi connectivity index (χ3v) is 2.38. The second-order valence-electron chi connectivity index (χ2n) is 3.64. The molecule has 16 heavy (non-hydrogen) atoms. The number of carboxylic acids is 1. The van der Waals surface area contributed by atoms with E-state index in [1.165, 1.54) is 12.1 Å². The Morgan fingerprint density at radius 3 is 2.62 bits per heavy atom. The van der Waals surface area contributed by atoms with Crippen LogP contribution < -0.4 is 5.73 Å². The van der Waals surface area contributed by atoms with Gasteiger partial charge in [-0.05, 0) is 30.5 Å². The molecule has 0 spiro atoms. The molecule has 0 saturated carbocycles. The first kappa shape index (κ1) is 12.6. The van der Waals surface area contributed by atoms with Crippen LogP contribution in [0.2, 0.25) is 0 Å². The first-order valence-electron chi connectivity index (χ1n) is 4.77. The summed E-state index contributed by atoms with van der Waals surface area (Å²) in [7, 11) is 0. The van der Waals surface area contributed by atoms with Gasteiger partial charge in [-0.25, -0.2) is 8.78 Å². The summed E-state index contributed by atoms with van der Waals surface area (Å²) in [5.74, 6) is -1.14. The molecule has 1 rings (SSSR count). The van der Waals surface area contributed by atoms with Crippen LogP contribution in [0.25, 0.3) is 0 Å². The molecule has 5 heteroatoms. The van der Waals surface area contributed by atoms with Crippen LogP contribution in [-0.4, -0.2) is 17.1 Å². The monoisotopic (exact) mass is 229 g/mol. The normalized spacial score (nSPS) is 12.8. The predicted molar refractivity (Wildman–Crippen MR) is 55.5 cm³/mol. The van der Waals surface area contributed by atoms with Crippen molar-refractivity contribution in [1.82, 2.24) is 0 Å². The largest absolute Gasteiger partial charge is 0.480 e. The van der Waals surface area contributed by atoms with Gasteiger partial charge in [0.1, 0.15) is 6.04 Å². The van der Waals surface area contributed by atoms with E-state index in [9.17, 15) is 13.6 Å². The Balaban J connectivity index is 2.94. The molecule has 3 N–H and O–H groups in total. The van der Waals surface area contributed by atoms with E-state index in [1.54, 1.807) is 13.0 Å². The molecule has 0 aliphatic heterocycles. The molecule has 88 valence electrons. The molecule has 1 atom stereocenters. The van der Waals surface area contributed by atoms with Crippen LogP contribution in [0.4, 0.5) is 8.78 Å². The van der Waals surface area contributed by atoms with Gasteiger partial charge in [0.25, 0.3) is 6.43 Å². The zero-order valence-corrected chi connectivity index (χ0v) is 8.78. The minimum absolute atomic E-state index is 0.0573. The number of halogens is 2. The molecule has 0 aliphatic rings. The molecule has 0 fully saturated rings. The number of carbonyl (C=O) groups is 1. The number of aliphatic carboxylic acids is 1. The Kier molecular flexibility index (Phi) is 3.95. The van der Waals surface area contributed by atoms with Gasteiger partial charge in [0.05, 0.1) is 0 Å². The van der Waals surface area contributed by atoms with Crippen LogP contribution in [0.1, 0.15) is 23.1 Å². The quantitative estimate of drug-likeness (QED) is 0.828. The van der Waals surface area contributed by atoms with E-state index in [-0.39, 0.29) is 12.0 Å². The summed E-state index contributed by atoms with van der Waals surface area (Å²) in [4.78, 5) is 10.6. The van der Waals surface area contributed by atoms with E-state index in [4.69, 9.17) is 10.8 Å². The highest BCUT2D eigenvalue weighted by atomic mass is 19.3. The Morgan fingerprint density at radius 2 is 2.12 bits per heavy atom. The van der Waals surface area contributed by atoms with Crippen LogP contribution >= 0.6 is 0 Å². The van der Waals surface area contributed by atoms with E-state index in [0.29, 0.717) is 5.56 Å². The van der Waals surface area contributed by atoms with Crippen LogP contribution in [0.15, 0.2) is 18.2 Å². The van der Waals surface area contributed by atoms with Crippen LogP contribution in [0.5, 0.6) is 0 Å². The fraction of sp³-hybridized carbons (Fsp3) is 0.364. The van der Waals surface area contributed by atoms with Crippen molar-refractivity contribution in [2.45, 2.75) is 25.8 Å². The average Bonchev–Trinajstić information content (AvgIpc) is 2.20. The van der Waals surface area contributed by atoms with Crippen LogP contribution in [0, 0.1) is 6.92 Å². The fourth-order valence-corrected chi connectivity index (χ4v) is 1.37. The second-order valence-corrected chi connectivity index (χ2v) is 3.64. The van der Waals surface area contributed by atoms with Gasteiger partial charge >= 0.3 is 5.97 Å². The predicted octanol–water partition coefficient (Wildman–Crippen LogP) is 1.89. The van der Waals surface area contributed by atoms with E-state index in [1.807, 2.05) is 0 Å². The molecule has 0 aliphatic carbocycles. The molecule has 1 aromatic carbocycles. The van der Waals surface area contributed by atoms with Crippen molar-refractivity contribution in [2.24, 2.45) is 5.73 Å². The summed E-state index contributed by atoms with van der Waals surface area (Å²) in [5, 5.41) is 8.64. The number of alkyl halides is 2. The number of aryl methyl sites for hydroxylation is 1. The summed E-state index contributed by atoms with van der Waals surface area (Å²) in [6.45, 7) is 1.74. The molecular weight excluding hydrogens is 216 g/mol. The average molecular weight is 229 g/mol. The minimum atomic E-state index is -2.56. The van der Waals surface area contributed by atoms with Gasteiger partial charge in [-0.15, -0.1) is 0 Å². The number of hydrogen-bond acceptors (Lipinski definition) is 2. The number of benzene rings is 1. The lowest BCUT2D eigenvalue weighted by atomic mass is 9.99. The van der Waals surface area contributed by atoms with Gasteiger partial charge in [0.15, 0.2) is 0 Å². The summed E-state index contributed by atoms with van der Waals surface area (Å²) in [5.41, 5.74) is 6.56. The Hall–Kier alpha value is -1.49. The molecule has 0 bridgehead atoms. The molecule has 1 aromatic rings. The molecule has 0 radical (unpaired) electrons. The number of hydrogen-bond donors (Lipinski definition) is 2. The van der Waals surface area contributed by atoms with Crippen molar-refractivity contribution in [2.75, 3.05) is 0 Å². The first-order chi connectivity index (χ1) is 7.41. The highest BCUT2D eigenvalue weighted by Gasteiger charge is 2.15. The van der Waals surface area contributed by atoms with E-state index in [0.717, 1.165) is 5.56 Å². The number of rotatable bonds is 4. The maximum Gasteiger partial charge on any atom is 0.320 e. The van der Waals surface area contributed by atoms with Crippen molar-refractivity contribution >= 4 is 5.97 Å². The molecule has 0 amide bonds. The smallest absolute Gasteiger partial charge is 0.320 e. The van der Waals surface area contributed by atoms with E-state index >= 15 is 0 Å². The molecule has 3 nitrogen and oxygen atoms in total. The van der Waals surface area contributed by atoms with Crippen LogP contribution in [0.3, 0.4) is 0 Å². The SMILES string of the molecule is Cc1ccc(C(F)F)cc1CC(N)C(=O)O. The van der Waals surface area contributed by atoms with Crippen molar-refractivity contribution in [3.63, 3.8) is 0 Å². The van der Waals surface area contributed by atoms with Gasteiger partial charge in [-0.1, -0.05) is 12.1 Å². The highest BCUT2D eigenvalue weighted by molar-refractivity contribution is 5.73. The summed E-state index contributed by atoms with van der Waals surface area (Å²) in [6, 6.07) is 3.12. The Morgan fingerprint density at radius 1 is 1.50 bits per heavy atom. The first-order valence-corrected chi connectivity index (χ1v) is 4.77. The van der Waals surface area contributed by atoms with Crippen molar-refractivity contribution < 1.29 is 18.7 Å². The number of nitrogens with two attached hydrogens (primary N) is 1. The van der Waals surface area contributed by atoms with Gasteiger partial charge in [-0.3, -0.25) is 4.79 Å². The highest BCUT2D eigenvalue weighted by Crippen LogP contribution is 2.22. The molecular formula is C11H13F2NO2. The Labute approximate surface area is 91.9 Å². The zero-order chi connectivity index (χ0) is 12.3. The van der Waals surface area contributed by atoms with E-state index < -0.39 is 18.4 Å². The van der Waals surface area contributed by atoms with Crippen molar-refractivity contribution in [3.8, 4) is 0 Å². The van der Waals surface area contributed by atoms with Gasteiger partial charge in [0.2, 0.25) is 0 Å². The van der Waals surface area contributed by atoms with Gasteiger partial charge < -0.3 is 10.8 Å². The standard InChI is InChI=1S/C11H13F2NO2/c1-6-2-3-7(10(12)13)4-8(6)5-9(14)11(15)16/h2-4,9-10H,5,14H2,1H3,(H,15,16). The summed E-state index contributed by atoms with van der Waals surface area (Å²) in [6.07, 6.45) is -2.50. The third-order valence-electron chi connectivity index (χ3n) is 2.38. The Bertz CT molecular complexity index is 394. The molecule has 1 unspecified atom stereocenters. The lowest BCUT2D eigenvalue weighted by molar-refractivity contribution is -0.138.